The molecule has 206 valence electrons. The summed E-state index contributed by atoms with van der Waals surface area (Å²) in [5.41, 5.74) is 0. The highest BCUT2D eigenvalue weighted by molar-refractivity contribution is 7.45. The summed E-state index contributed by atoms with van der Waals surface area (Å²) in [6.07, 6.45) is 17.0. The predicted molar refractivity (Wildman–Crippen MR) is 135 cm³/mol. The van der Waals surface area contributed by atoms with Crippen molar-refractivity contribution in [1.29, 1.82) is 0 Å². The standard InChI is InChI=1S/C19H42N.C2H7N.2H3O4P/c1-5-8-11-13-16-19-20(4,17-14-10-7-3)18-15-12-9-6-2;1-3-2;2*1-5(2,3)4/h5-19H2,1-4H3;3H,1-2H3;2*(H3,1,2,3,4)/q+1;;;/p-1. The molecule has 1 unspecified atom stereocenters. The molecule has 12 heteroatoms. The summed E-state index contributed by atoms with van der Waals surface area (Å²) in [4.78, 5) is 44.5. The lowest BCUT2D eigenvalue weighted by Crippen LogP contribution is -2.46. The van der Waals surface area contributed by atoms with E-state index >= 15 is 0 Å². The molecule has 0 amide bonds. The first-order chi connectivity index (χ1) is 15.1. The zero-order valence-corrected chi connectivity index (χ0v) is 23.7. The average molecular weight is 525 g/mol. The summed E-state index contributed by atoms with van der Waals surface area (Å²) in [5, 5.41) is 2.75. The summed E-state index contributed by atoms with van der Waals surface area (Å²) in [6, 6.07) is 0. The van der Waals surface area contributed by atoms with Gasteiger partial charge in [0.15, 0.2) is 0 Å². The fraction of sp³-hybridized carbons (Fsp3) is 1.00. The van der Waals surface area contributed by atoms with Crippen molar-refractivity contribution in [2.24, 2.45) is 0 Å². The maximum Gasteiger partial charge on any atom is 0.466 e. The second kappa shape index (κ2) is 26.7. The molecule has 0 heterocycles. The fourth-order valence-corrected chi connectivity index (χ4v) is 3.10. The molecule has 0 rings (SSSR count). The minimum absolute atomic E-state index is 1.34. The lowest BCUT2D eigenvalue weighted by atomic mass is 10.1. The maximum absolute atomic E-state index is 8.88. The van der Waals surface area contributed by atoms with E-state index < -0.39 is 15.6 Å². The minimum atomic E-state index is -4.89. The van der Waals surface area contributed by atoms with Gasteiger partial charge in [0, 0.05) is 0 Å². The van der Waals surface area contributed by atoms with Gasteiger partial charge >= 0.3 is 7.82 Å². The third-order valence-electron chi connectivity index (χ3n) is 4.65. The zero-order chi connectivity index (χ0) is 26.8. The van der Waals surface area contributed by atoms with E-state index in [-0.39, 0.29) is 0 Å². The Balaban J connectivity index is -0.000000263. The number of hydrogen-bond acceptors (Lipinski definition) is 4. The van der Waals surface area contributed by atoms with Gasteiger partial charge in [-0.1, -0.05) is 59.3 Å². The molecule has 0 aromatic heterocycles. The minimum Gasteiger partial charge on any atom is -0.756 e. The number of phosphoric acid groups is 2. The van der Waals surface area contributed by atoms with Crippen LogP contribution in [0.3, 0.4) is 0 Å². The van der Waals surface area contributed by atoms with Crippen LogP contribution in [0.5, 0.6) is 0 Å². The summed E-state index contributed by atoms with van der Waals surface area (Å²) < 4.78 is 19.0. The molecular formula is C21H54N2O8P2. The second-order valence-corrected chi connectivity index (χ2v) is 10.5. The van der Waals surface area contributed by atoms with Crippen molar-refractivity contribution in [1.82, 2.24) is 5.32 Å². The van der Waals surface area contributed by atoms with Crippen molar-refractivity contribution in [2.45, 2.75) is 97.8 Å². The van der Waals surface area contributed by atoms with Gasteiger partial charge in [0.2, 0.25) is 0 Å². The molecule has 10 nitrogen and oxygen atoms in total. The van der Waals surface area contributed by atoms with Crippen molar-refractivity contribution in [2.75, 3.05) is 40.8 Å². The van der Waals surface area contributed by atoms with Gasteiger partial charge in [-0.25, -0.2) is 4.57 Å². The van der Waals surface area contributed by atoms with E-state index in [1.807, 2.05) is 14.1 Å². The van der Waals surface area contributed by atoms with Gasteiger partial charge in [0.25, 0.3) is 7.82 Å². The van der Waals surface area contributed by atoms with Crippen LogP contribution < -0.4 is 10.2 Å². The van der Waals surface area contributed by atoms with Gasteiger partial charge in [-0.2, -0.15) is 0 Å². The van der Waals surface area contributed by atoms with Gasteiger partial charge in [-0.3, -0.25) is 4.57 Å². The second-order valence-electron chi connectivity index (χ2n) is 8.48. The zero-order valence-electron chi connectivity index (χ0n) is 21.9. The Hall–Kier alpha value is 0.140. The van der Waals surface area contributed by atoms with Gasteiger partial charge in [0.1, 0.15) is 0 Å². The van der Waals surface area contributed by atoms with Crippen LogP contribution in [0, 0.1) is 0 Å². The molecule has 0 aromatic carbocycles. The fourth-order valence-electron chi connectivity index (χ4n) is 3.10. The van der Waals surface area contributed by atoms with Crippen LogP contribution in [-0.2, 0) is 9.13 Å². The predicted octanol–water partition coefficient (Wildman–Crippen LogP) is 3.52. The number of nitrogens with zero attached hydrogens (tertiary/aromatic N) is 1. The van der Waals surface area contributed by atoms with Crippen molar-refractivity contribution in [3.63, 3.8) is 0 Å². The highest BCUT2D eigenvalue weighted by atomic mass is 31.2. The number of hydrogen-bond donors (Lipinski definition) is 6. The normalized spacial score (nSPS) is 12.8. The molecule has 0 aliphatic heterocycles. The Morgan fingerprint density at radius 2 is 0.818 bits per heavy atom. The molecule has 0 aromatic rings. The van der Waals surface area contributed by atoms with Crippen molar-refractivity contribution >= 4 is 15.6 Å². The summed E-state index contributed by atoms with van der Waals surface area (Å²) in [5.74, 6) is 0. The van der Waals surface area contributed by atoms with Crippen LogP contribution in [0.25, 0.3) is 0 Å². The molecule has 0 aliphatic rings. The molecule has 6 N–H and O–H groups in total. The maximum atomic E-state index is 8.88. The highest BCUT2D eigenvalue weighted by Crippen LogP contribution is 2.25. The van der Waals surface area contributed by atoms with E-state index in [4.69, 9.17) is 38.5 Å². The largest absolute Gasteiger partial charge is 0.756 e. The number of unbranched alkanes of at least 4 members (excludes halogenated alkanes) is 9. The first-order valence-corrected chi connectivity index (χ1v) is 15.2. The Bertz CT molecular complexity index is 439. The first-order valence-electron chi connectivity index (χ1n) is 12.1. The van der Waals surface area contributed by atoms with Crippen LogP contribution in [-0.4, -0.2) is 69.7 Å². The van der Waals surface area contributed by atoms with Gasteiger partial charge in [-0.05, 0) is 52.6 Å². The monoisotopic (exact) mass is 524 g/mol. The first kappa shape index (κ1) is 40.3. The van der Waals surface area contributed by atoms with Crippen molar-refractivity contribution < 1.29 is 43.0 Å². The number of nitrogens with one attached hydrogen (secondary N) is 1. The summed E-state index contributed by atoms with van der Waals surface area (Å²) in [7, 11) is -3.26. The van der Waals surface area contributed by atoms with Gasteiger partial charge in [0.05, 0.1) is 26.7 Å². The molecule has 0 saturated heterocycles. The molecule has 0 saturated carbocycles. The van der Waals surface area contributed by atoms with Gasteiger partial charge in [-0.15, -0.1) is 0 Å². The van der Waals surface area contributed by atoms with Crippen LogP contribution in [0.2, 0.25) is 0 Å². The van der Waals surface area contributed by atoms with Crippen LogP contribution in [0.4, 0.5) is 0 Å². The van der Waals surface area contributed by atoms with E-state index in [0.717, 1.165) is 0 Å². The molecule has 0 fully saturated rings. The van der Waals surface area contributed by atoms with E-state index in [1.165, 1.54) is 101 Å². The quantitative estimate of drug-likeness (QED) is 0.107. The molecule has 0 radical (unpaired) electrons. The molecule has 0 bridgehead atoms. The molecule has 0 aliphatic carbocycles. The lowest BCUT2D eigenvalue weighted by Gasteiger charge is -2.35. The van der Waals surface area contributed by atoms with E-state index in [1.54, 1.807) is 0 Å². The van der Waals surface area contributed by atoms with E-state index in [2.05, 4.69) is 33.1 Å². The molecular weight excluding hydrogens is 470 g/mol. The number of quaternary nitrogens is 1. The molecule has 1 atom stereocenters. The highest BCUT2D eigenvalue weighted by Gasteiger charge is 2.19. The Morgan fingerprint density at radius 1 is 0.636 bits per heavy atom. The smallest absolute Gasteiger partial charge is 0.466 e. The van der Waals surface area contributed by atoms with Crippen LogP contribution >= 0.6 is 15.6 Å². The van der Waals surface area contributed by atoms with Crippen molar-refractivity contribution in [3.05, 3.63) is 0 Å². The third kappa shape index (κ3) is 65.3. The van der Waals surface area contributed by atoms with E-state index in [9.17, 15) is 0 Å². The van der Waals surface area contributed by atoms with E-state index in [0.29, 0.717) is 0 Å². The average Bonchev–Trinajstić information content (AvgIpc) is 2.64. The Labute approximate surface area is 202 Å². The third-order valence-corrected chi connectivity index (χ3v) is 4.65. The SMILES string of the molecule is CCCCCCC[N+](C)(CCCCC)CCCCCC.CNC.O=P(O)(O)O.O=P([O-])(O)O. The van der Waals surface area contributed by atoms with Gasteiger partial charge < -0.3 is 39.2 Å². The summed E-state index contributed by atoms with van der Waals surface area (Å²) in [6.45, 7) is 11.2. The lowest BCUT2D eigenvalue weighted by molar-refractivity contribution is -0.910. The van der Waals surface area contributed by atoms with Crippen LogP contribution in [0.1, 0.15) is 97.8 Å². The molecule has 33 heavy (non-hydrogen) atoms. The van der Waals surface area contributed by atoms with Crippen LogP contribution in [0.15, 0.2) is 0 Å². The van der Waals surface area contributed by atoms with Crippen molar-refractivity contribution in [3.8, 4) is 0 Å². The Morgan fingerprint density at radius 3 is 1.09 bits per heavy atom. The summed E-state index contributed by atoms with van der Waals surface area (Å²) >= 11 is 0. The topological polar surface area (TPSA) is 170 Å². The Kier molecular flexibility index (Phi) is 32.7. The number of rotatable bonds is 15. The molecule has 0 spiro atoms.